The molecular formula is C31H37ClN6O2. The molecule has 0 radical (unpaired) electrons. The minimum Gasteiger partial charge on any atom is -0.497 e. The number of carbonyl (C=O) groups excluding carboxylic acids is 1. The van der Waals surface area contributed by atoms with Gasteiger partial charge in [0.1, 0.15) is 11.6 Å². The van der Waals surface area contributed by atoms with E-state index in [1.807, 2.05) is 36.4 Å². The predicted octanol–water partition coefficient (Wildman–Crippen LogP) is 4.58. The number of rotatable bonds is 8. The van der Waals surface area contributed by atoms with Crippen molar-refractivity contribution in [3.05, 3.63) is 88.1 Å². The summed E-state index contributed by atoms with van der Waals surface area (Å²) in [7, 11) is 1.63. The second kappa shape index (κ2) is 13.1. The average molecular weight is 561 g/mol. The number of hydrogen-bond acceptors (Lipinski definition) is 7. The van der Waals surface area contributed by atoms with E-state index >= 15 is 0 Å². The molecule has 2 fully saturated rings. The van der Waals surface area contributed by atoms with Gasteiger partial charge in [-0.05, 0) is 67.4 Å². The summed E-state index contributed by atoms with van der Waals surface area (Å²) in [6.07, 6.45) is 3.94. The van der Waals surface area contributed by atoms with Crippen molar-refractivity contribution >= 4 is 23.3 Å². The Morgan fingerprint density at radius 1 is 1.05 bits per heavy atom. The van der Waals surface area contributed by atoms with Gasteiger partial charge in [-0.2, -0.15) is 5.26 Å². The highest BCUT2D eigenvalue weighted by Crippen LogP contribution is 2.27. The van der Waals surface area contributed by atoms with Gasteiger partial charge >= 0.3 is 0 Å². The van der Waals surface area contributed by atoms with Crippen molar-refractivity contribution in [1.29, 1.82) is 5.26 Å². The number of likely N-dealkylation sites (tertiary alicyclic amines) is 1. The van der Waals surface area contributed by atoms with Crippen LogP contribution in [0.5, 0.6) is 5.75 Å². The standard InChI is InChI=1S/C31H35ClN6O2.H2/c1-40-28-8-6-24(7-9-28)20-35-31(39)26-18-29(32)30(34-21-26)38-16-14-37(15-17-38)27-10-12-36(13-11-27)22-25-4-2-23(19-33)3-5-25;/h2-9,18,21,27H,10-17,20,22H2,1H3,(H,35,39);1H. The second-order valence-electron chi connectivity index (χ2n) is 10.4. The molecule has 9 heteroatoms. The maximum Gasteiger partial charge on any atom is 0.253 e. The summed E-state index contributed by atoms with van der Waals surface area (Å²) in [5.41, 5.74) is 3.41. The number of halogens is 1. The number of piperidine rings is 1. The van der Waals surface area contributed by atoms with Gasteiger partial charge < -0.3 is 15.0 Å². The molecule has 2 saturated heterocycles. The number of benzene rings is 2. The molecule has 1 N–H and O–H groups in total. The lowest BCUT2D eigenvalue weighted by Gasteiger charge is -2.43. The van der Waals surface area contributed by atoms with E-state index in [1.165, 1.54) is 5.56 Å². The molecule has 2 aliphatic heterocycles. The average Bonchev–Trinajstić information content (AvgIpc) is 3.01. The molecule has 1 aromatic heterocycles. The van der Waals surface area contributed by atoms with Crippen LogP contribution in [0, 0.1) is 11.3 Å². The van der Waals surface area contributed by atoms with Gasteiger partial charge in [-0.15, -0.1) is 0 Å². The van der Waals surface area contributed by atoms with Crippen molar-refractivity contribution < 1.29 is 11.0 Å². The molecule has 3 aromatic rings. The van der Waals surface area contributed by atoms with Gasteiger partial charge in [0.25, 0.3) is 5.91 Å². The van der Waals surface area contributed by atoms with Crippen LogP contribution in [0.1, 0.15) is 41.3 Å². The molecule has 3 heterocycles. The Labute approximate surface area is 242 Å². The first kappa shape index (κ1) is 27.9. The number of pyridine rings is 1. The summed E-state index contributed by atoms with van der Waals surface area (Å²) in [4.78, 5) is 24.6. The third-order valence-electron chi connectivity index (χ3n) is 7.87. The number of anilines is 1. The van der Waals surface area contributed by atoms with E-state index in [1.54, 1.807) is 19.4 Å². The number of amides is 1. The van der Waals surface area contributed by atoms with Crippen LogP contribution >= 0.6 is 11.6 Å². The van der Waals surface area contributed by atoms with Crippen LogP contribution in [0.15, 0.2) is 60.8 Å². The molecule has 5 rings (SSSR count). The zero-order valence-electron chi connectivity index (χ0n) is 22.9. The molecule has 0 unspecified atom stereocenters. The quantitative estimate of drug-likeness (QED) is 0.432. The van der Waals surface area contributed by atoms with E-state index < -0.39 is 0 Å². The van der Waals surface area contributed by atoms with Crippen LogP contribution < -0.4 is 15.0 Å². The van der Waals surface area contributed by atoms with Crippen molar-refractivity contribution in [2.24, 2.45) is 0 Å². The van der Waals surface area contributed by atoms with E-state index in [4.69, 9.17) is 21.6 Å². The van der Waals surface area contributed by atoms with Gasteiger partial charge in [0, 0.05) is 52.9 Å². The minimum atomic E-state index is -0.202. The SMILES string of the molecule is COc1ccc(CNC(=O)c2cnc(N3CCN(C4CCN(Cc5ccc(C#N)cc5)CC4)CC3)c(Cl)c2)cc1.[HH]. The lowest BCUT2D eigenvalue weighted by atomic mass is 10.0. The number of nitrogens with one attached hydrogen (secondary N) is 1. The van der Waals surface area contributed by atoms with Crippen molar-refractivity contribution in [3.63, 3.8) is 0 Å². The van der Waals surface area contributed by atoms with Crippen molar-refractivity contribution in [2.45, 2.75) is 32.0 Å². The predicted molar refractivity (Wildman–Crippen MR) is 159 cm³/mol. The van der Waals surface area contributed by atoms with E-state index in [0.717, 1.165) is 75.8 Å². The first-order valence-corrected chi connectivity index (χ1v) is 14.2. The van der Waals surface area contributed by atoms with E-state index in [0.29, 0.717) is 28.7 Å². The van der Waals surface area contributed by atoms with Gasteiger partial charge in [-0.25, -0.2) is 4.98 Å². The largest absolute Gasteiger partial charge is 0.497 e. The van der Waals surface area contributed by atoms with Crippen LogP contribution in [-0.4, -0.2) is 73.1 Å². The molecule has 2 aromatic carbocycles. The second-order valence-corrected chi connectivity index (χ2v) is 10.8. The Morgan fingerprint density at radius 2 is 1.73 bits per heavy atom. The van der Waals surface area contributed by atoms with Gasteiger partial charge in [-0.3, -0.25) is 14.6 Å². The van der Waals surface area contributed by atoms with E-state index in [2.05, 4.69) is 43.2 Å². The smallest absolute Gasteiger partial charge is 0.253 e. The van der Waals surface area contributed by atoms with Crippen LogP contribution in [0.25, 0.3) is 0 Å². The molecule has 8 nitrogen and oxygen atoms in total. The fraction of sp³-hybridized carbons (Fsp3) is 0.387. The summed E-state index contributed by atoms with van der Waals surface area (Å²) in [5, 5.41) is 12.4. The maximum absolute atomic E-state index is 12.7. The molecule has 0 atom stereocenters. The molecule has 210 valence electrons. The highest BCUT2D eigenvalue weighted by Gasteiger charge is 2.28. The molecule has 0 spiro atoms. The first-order valence-electron chi connectivity index (χ1n) is 13.8. The van der Waals surface area contributed by atoms with Crippen molar-refractivity contribution in [2.75, 3.05) is 51.3 Å². The number of piperazine rings is 1. The minimum absolute atomic E-state index is 0. The number of ether oxygens (including phenoxy) is 1. The molecule has 2 aliphatic rings. The number of hydrogen-bond donors (Lipinski definition) is 1. The first-order chi connectivity index (χ1) is 19.5. The molecule has 40 heavy (non-hydrogen) atoms. The number of nitrogens with zero attached hydrogens (tertiary/aromatic N) is 5. The molecular weight excluding hydrogens is 524 g/mol. The van der Waals surface area contributed by atoms with Crippen LogP contribution in [-0.2, 0) is 13.1 Å². The number of aromatic nitrogens is 1. The van der Waals surface area contributed by atoms with Gasteiger partial charge in [0.15, 0.2) is 0 Å². The fourth-order valence-corrected chi connectivity index (χ4v) is 5.79. The molecule has 1 amide bonds. The summed E-state index contributed by atoms with van der Waals surface area (Å²) < 4.78 is 5.18. The summed E-state index contributed by atoms with van der Waals surface area (Å²) in [6.45, 7) is 7.19. The maximum atomic E-state index is 12.7. The highest BCUT2D eigenvalue weighted by molar-refractivity contribution is 6.33. The van der Waals surface area contributed by atoms with Gasteiger partial charge in [0.05, 0.1) is 29.3 Å². The lowest BCUT2D eigenvalue weighted by molar-refractivity contribution is 0.0950. The topological polar surface area (TPSA) is 84.7 Å². The van der Waals surface area contributed by atoms with Gasteiger partial charge in [0.2, 0.25) is 0 Å². The normalized spacial score (nSPS) is 16.9. The summed E-state index contributed by atoms with van der Waals surface area (Å²) >= 11 is 6.61. The zero-order chi connectivity index (χ0) is 27.9. The van der Waals surface area contributed by atoms with Crippen LogP contribution in [0.4, 0.5) is 5.82 Å². The van der Waals surface area contributed by atoms with Crippen LogP contribution in [0.2, 0.25) is 5.02 Å². The summed E-state index contributed by atoms with van der Waals surface area (Å²) in [5.74, 6) is 1.32. The Hall–Kier alpha value is -3.64. The molecule has 0 saturated carbocycles. The van der Waals surface area contributed by atoms with Crippen molar-refractivity contribution in [1.82, 2.24) is 20.1 Å². The van der Waals surface area contributed by atoms with E-state index in [9.17, 15) is 4.79 Å². The highest BCUT2D eigenvalue weighted by atomic mass is 35.5. The number of nitriles is 1. The van der Waals surface area contributed by atoms with Gasteiger partial charge in [-0.1, -0.05) is 35.9 Å². The molecule has 0 bridgehead atoms. The zero-order valence-corrected chi connectivity index (χ0v) is 23.6. The third kappa shape index (κ3) is 6.92. The molecule has 0 aliphatic carbocycles. The lowest BCUT2D eigenvalue weighted by Crippen LogP contribution is -2.53. The van der Waals surface area contributed by atoms with Crippen molar-refractivity contribution in [3.8, 4) is 11.8 Å². The fourth-order valence-electron chi connectivity index (χ4n) is 5.50. The summed E-state index contributed by atoms with van der Waals surface area (Å²) in [6, 6.07) is 20.0. The Kier molecular flexibility index (Phi) is 9.17. The Bertz CT molecular complexity index is 1330. The Morgan fingerprint density at radius 3 is 2.35 bits per heavy atom. The van der Waals surface area contributed by atoms with Crippen LogP contribution in [0.3, 0.4) is 0 Å². The number of methoxy groups -OCH3 is 1. The van der Waals surface area contributed by atoms with E-state index in [-0.39, 0.29) is 7.33 Å². The third-order valence-corrected chi connectivity index (χ3v) is 8.15. The number of carbonyl (C=O) groups is 1. The Balaban J connectivity index is 0.00000387. The monoisotopic (exact) mass is 560 g/mol.